The van der Waals surface area contributed by atoms with E-state index in [0.29, 0.717) is 0 Å². The van der Waals surface area contributed by atoms with Gasteiger partial charge in [0.1, 0.15) is 0 Å². The van der Waals surface area contributed by atoms with Gasteiger partial charge in [0, 0.05) is 5.02 Å². The molecule has 2 heteroatoms. The third kappa shape index (κ3) is 2.61. The van der Waals surface area contributed by atoms with Crippen molar-refractivity contribution in [3.63, 3.8) is 0 Å². The quantitative estimate of drug-likeness (QED) is 0.841. The third-order valence-corrected chi connectivity index (χ3v) is 4.67. The van der Waals surface area contributed by atoms with E-state index in [2.05, 4.69) is 35.6 Å². The average molecular weight is 286 g/mol. The molecule has 0 saturated heterocycles. The van der Waals surface area contributed by atoms with Crippen molar-refractivity contribution in [1.82, 2.24) is 5.32 Å². The van der Waals surface area contributed by atoms with Crippen LogP contribution in [-0.4, -0.2) is 7.05 Å². The molecule has 20 heavy (non-hydrogen) atoms. The van der Waals surface area contributed by atoms with Gasteiger partial charge in [0.15, 0.2) is 0 Å². The Labute approximate surface area is 126 Å². The molecule has 104 valence electrons. The molecular formula is C18H20ClN. The van der Waals surface area contributed by atoms with Crippen molar-refractivity contribution in [1.29, 1.82) is 0 Å². The molecule has 1 fully saturated rings. The van der Waals surface area contributed by atoms with Crippen molar-refractivity contribution in [2.24, 2.45) is 0 Å². The highest BCUT2D eigenvalue weighted by Crippen LogP contribution is 2.37. The van der Waals surface area contributed by atoms with Gasteiger partial charge >= 0.3 is 0 Å². The van der Waals surface area contributed by atoms with Crippen LogP contribution in [-0.2, 0) is 0 Å². The Morgan fingerprint density at radius 3 is 2.55 bits per heavy atom. The second-order valence-electron chi connectivity index (χ2n) is 5.54. The molecule has 1 nitrogen and oxygen atoms in total. The molecule has 0 bridgehead atoms. The Hall–Kier alpha value is -1.31. The summed E-state index contributed by atoms with van der Waals surface area (Å²) in [6.45, 7) is 0. The van der Waals surface area contributed by atoms with E-state index in [4.69, 9.17) is 11.6 Å². The molecule has 2 aromatic carbocycles. The van der Waals surface area contributed by atoms with Crippen LogP contribution in [0.2, 0.25) is 5.02 Å². The molecule has 0 amide bonds. The second kappa shape index (κ2) is 5.99. The number of hydrogen-bond acceptors (Lipinski definition) is 1. The summed E-state index contributed by atoms with van der Waals surface area (Å²) >= 11 is 6.35. The fourth-order valence-corrected chi connectivity index (χ4v) is 3.19. The summed E-state index contributed by atoms with van der Waals surface area (Å²) in [6.07, 6.45) is 4.04. The van der Waals surface area contributed by atoms with Gasteiger partial charge in [-0.15, -0.1) is 0 Å². The van der Waals surface area contributed by atoms with E-state index in [1.54, 1.807) is 0 Å². The Morgan fingerprint density at radius 2 is 1.90 bits per heavy atom. The first-order valence-electron chi connectivity index (χ1n) is 7.31. The highest BCUT2D eigenvalue weighted by Gasteiger charge is 2.21. The number of hydrogen-bond donors (Lipinski definition) is 1. The van der Waals surface area contributed by atoms with Crippen LogP contribution in [0, 0.1) is 0 Å². The number of halogens is 1. The Morgan fingerprint density at radius 1 is 1.10 bits per heavy atom. The molecule has 1 unspecified atom stereocenters. The van der Waals surface area contributed by atoms with Gasteiger partial charge in [-0.25, -0.2) is 0 Å². The molecule has 0 radical (unpaired) electrons. The monoisotopic (exact) mass is 285 g/mol. The van der Waals surface area contributed by atoms with E-state index in [0.717, 1.165) is 16.5 Å². The van der Waals surface area contributed by atoms with Crippen molar-refractivity contribution >= 4 is 11.6 Å². The standard InChI is InChI=1S/C18H20ClN/c1-20-18(16-10-2-3-11-17(16)19)15-9-5-8-14(12-15)13-6-4-7-13/h2-3,5,8-13,18,20H,4,6-7H2,1H3. The van der Waals surface area contributed by atoms with Crippen molar-refractivity contribution < 1.29 is 0 Å². The van der Waals surface area contributed by atoms with Crippen LogP contribution in [0.4, 0.5) is 0 Å². The topological polar surface area (TPSA) is 12.0 Å². The Balaban J connectivity index is 1.95. The van der Waals surface area contributed by atoms with Gasteiger partial charge in [-0.3, -0.25) is 0 Å². The summed E-state index contributed by atoms with van der Waals surface area (Å²) in [7, 11) is 1.99. The molecule has 0 aromatic heterocycles. The van der Waals surface area contributed by atoms with E-state index >= 15 is 0 Å². The fraction of sp³-hybridized carbons (Fsp3) is 0.333. The molecule has 1 aliphatic rings. The van der Waals surface area contributed by atoms with Crippen molar-refractivity contribution in [2.75, 3.05) is 7.05 Å². The van der Waals surface area contributed by atoms with Crippen LogP contribution < -0.4 is 5.32 Å². The molecule has 1 aliphatic carbocycles. The zero-order chi connectivity index (χ0) is 13.9. The minimum absolute atomic E-state index is 0.156. The number of rotatable bonds is 4. The zero-order valence-corrected chi connectivity index (χ0v) is 12.5. The first-order valence-corrected chi connectivity index (χ1v) is 7.69. The summed E-state index contributed by atoms with van der Waals surface area (Å²) in [6, 6.07) is 17.2. The van der Waals surface area contributed by atoms with Gasteiger partial charge in [-0.1, -0.05) is 60.5 Å². The molecule has 0 heterocycles. The summed E-state index contributed by atoms with van der Waals surface area (Å²) in [4.78, 5) is 0. The van der Waals surface area contributed by atoms with Crippen LogP contribution in [0.1, 0.15) is 47.9 Å². The third-order valence-electron chi connectivity index (χ3n) is 4.33. The first kappa shape index (κ1) is 13.7. The fourth-order valence-electron chi connectivity index (χ4n) is 2.95. The minimum atomic E-state index is 0.156. The van der Waals surface area contributed by atoms with Crippen molar-refractivity contribution in [3.05, 3.63) is 70.2 Å². The van der Waals surface area contributed by atoms with Gasteiger partial charge < -0.3 is 5.32 Å². The van der Waals surface area contributed by atoms with Crippen LogP contribution in [0.5, 0.6) is 0 Å². The molecule has 1 saturated carbocycles. The molecule has 0 aliphatic heterocycles. The van der Waals surface area contributed by atoms with Gasteiger partial charge in [0.2, 0.25) is 0 Å². The summed E-state index contributed by atoms with van der Waals surface area (Å²) in [5, 5.41) is 4.21. The van der Waals surface area contributed by atoms with E-state index in [9.17, 15) is 0 Å². The largest absolute Gasteiger partial charge is 0.309 e. The maximum absolute atomic E-state index is 6.35. The lowest BCUT2D eigenvalue weighted by Gasteiger charge is -2.27. The first-order chi connectivity index (χ1) is 9.79. The maximum Gasteiger partial charge on any atom is 0.0589 e. The van der Waals surface area contributed by atoms with Crippen LogP contribution in [0.3, 0.4) is 0 Å². The Bertz CT molecular complexity index is 589. The highest BCUT2D eigenvalue weighted by molar-refractivity contribution is 6.31. The summed E-state index contributed by atoms with van der Waals surface area (Å²) in [5.41, 5.74) is 3.91. The van der Waals surface area contributed by atoms with Crippen LogP contribution >= 0.6 is 11.6 Å². The molecule has 1 N–H and O–H groups in total. The van der Waals surface area contributed by atoms with Gasteiger partial charge in [-0.05, 0) is 48.6 Å². The maximum atomic E-state index is 6.35. The van der Waals surface area contributed by atoms with Gasteiger partial charge in [0.25, 0.3) is 0 Å². The average Bonchev–Trinajstić information content (AvgIpc) is 2.40. The lowest BCUT2D eigenvalue weighted by molar-refractivity contribution is 0.419. The molecule has 2 aromatic rings. The molecule has 1 atom stereocenters. The molecule has 0 spiro atoms. The molecule has 3 rings (SSSR count). The Kier molecular flexibility index (Phi) is 4.09. The van der Waals surface area contributed by atoms with E-state index in [1.807, 2.05) is 25.2 Å². The lowest BCUT2D eigenvalue weighted by Crippen LogP contribution is -2.18. The minimum Gasteiger partial charge on any atom is -0.309 e. The normalized spacial score (nSPS) is 16.7. The summed E-state index contributed by atoms with van der Waals surface area (Å²) in [5.74, 6) is 0.763. The molecular weight excluding hydrogens is 266 g/mol. The van der Waals surface area contributed by atoms with E-state index in [1.165, 1.54) is 30.4 Å². The van der Waals surface area contributed by atoms with Crippen molar-refractivity contribution in [2.45, 2.75) is 31.2 Å². The van der Waals surface area contributed by atoms with Crippen LogP contribution in [0.15, 0.2) is 48.5 Å². The smallest absolute Gasteiger partial charge is 0.0589 e. The zero-order valence-electron chi connectivity index (χ0n) is 11.8. The van der Waals surface area contributed by atoms with Gasteiger partial charge in [0.05, 0.1) is 6.04 Å². The van der Waals surface area contributed by atoms with E-state index in [-0.39, 0.29) is 6.04 Å². The summed E-state index contributed by atoms with van der Waals surface area (Å²) < 4.78 is 0. The second-order valence-corrected chi connectivity index (χ2v) is 5.95. The SMILES string of the molecule is CNC(c1cccc(C2CCC2)c1)c1ccccc1Cl. The predicted molar refractivity (Wildman–Crippen MR) is 85.4 cm³/mol. The number of nitrogens with one attached hydrogen (secondary N) is 1. The van der Waals surface area contributed by atoms with E-state index < -0.39 is 0 Å². The van der Waals surface area contributed by atoms with Gasteiger partial charge in [-0.2, -0.15) is 0 Å². The van der Waals surface area contributed by atoms with Crippen molar-refractivity contribution in [3.8, 4) is 0 Å². The predicted octanol–water partition coefficient (Wildman–Crippen LogP) is 4.92. The van der Waals surface area contributed by atoms with Crippen LogP contribution in [0.25, 0.3) is 0 Å². The highest BCUT2D eigenvalue weighted by atomic mass is 35.5. The number of benzene rings is 2. The lowest BCUT2D eigenvalue weighted by atomic mass is 9.79.